The Kier molecular flexibility index (Phi) is 7.40. The van der Waals surface area contributed by atoms with E-state index in [0.717, 1.165) is 5.56 Å². The number of amides is 1. The standard InChI is InChI=1S/C18H20N2O5/c21-18(14-25-17-9-7-16(8-10-17)20(22)23)19-11-4-12-24-13-15-5-2-1-3-6-15/h1-3,5-10H,4,11-14H2,(H,19,21). The predicted molar refractivity (Wildman–Crippen MR) is 92.3 cm³/mol. The molecule has 1 amide bonds. The van der Waals surface area contributed by atoms with Crippen LogP contribution in [-0.4, -0.2) is 30.6 Å². The fraction of sp³-hybridized carbons (Fsp3) is 0.278. The van der Waals surface area contributed by atoms with E-state index in [1.165, 1.54) is 24.3 Å². The Morgan fingerprint density at radius 3 is 2.48 bits per heavy atom. The summed E-state index contributed by atoms with van der Waals surface area (Å²) in [7, 11) is 0. The van der Waals surface area contributed by atoms with E-state index < -0.39 is 4.92 Å². The van der Waals surface area contributed by atoms with Gasteiger partial charge in [0.15, 0.2) is 6.61 Å². The van der Waals surface area contributed by atoms with Gasteiger partial charge in [-0.1, -0.05) is 30.3 Å². The van der Waals surface area contributed by atoms with Crippen LogP contribution in [0.25, 0.3) is 0 Å². The minimum Gasteiger partial charge on any atom is -0.484 e. The van der Waals surface area contributed by atoms with Crippen LogP contribution in [0, 0.1) is 10.1 Å². The lowest BCUT2D eigenvalue weighted by atomic mass is 10.2. The molecule has 0 heterocycles. The molecule has 0 spiro atoms. The van der Waals surface area contributed by atoms with Crippen molar-refractivity contribution in [1.82, 2.24) is 5.32 Å². The molecule has 2 aromatic carbocycles. The molecule has 0 unspecified atom stereocenters. The summed E-state index contributed by atoms with van der Waals surface area (Å²) in [5.41, 5.74) is 1.09. The van der Waals surface area contributed by atoms with Gasteiger partial charge in [-0.05, 0) is 24.1 Å². The number of nitro benzene ring substituents is 1. The molecule has 25 heavy (non-hydrogen) atoms. The molecular weight excluding hydrogens is 324 g/mol. The molecule has 0 aliphatic carbocycles. The van der Waals surface area contributed by atoms with Crippen LogP contribution in [0.3, 0.4) is 0 Å². The Balaban J connectivity index is 1.54. The molecule has 0 aromatic heterocycles. The third kappa shape index (κ3) is 7.01. The van der Waals surface area contributed by atoms with E-state index in [1.54, 1.807) is 0 Å². The monoisotopic (exact) mass is 344 g/mol. The number of ether oxygens (including phenoxy) is 2. The average Bonchev–Trinajstić information content (AvgIpc) is 2.64. The van der Waals surface area contributed by atoms with E-state index in [9.17, 15) is 14.9 Å². The number of benzene rings is 2. The first-order valence-corrected chi connectivity index (χ1v) is 7.91. The molecule has 0 saturated carbocycles. The molecule has 132 valence electrons. The Morgan fingerprint density at radius 2 is 1.80 bits per heavy atom. The van der Waals surface area contributed by atoms with Crippen molar-refractivity contribution in [2.24, 2.45) is 0 Å². The summed E-state index contributed by atoms with van der Waals surface area (Å²) in [4.78, 5) is 21.7. The lowest BCUT2D eigenvalue weighted by molar-refractivity contribution is -0.384. The van der Waals surface area contributed by atoms with Crippen LogP contribution >= 0.6 is 0 Å². The smallest absolute Gasteiger partial charge is 0.269 e. The number of carbonyl (C=O) groups is 1. The molecule has 0 radical (unpaired) electrons. The van der Waals surface area contributed by atoms with Crippen LogP contribution < -0.4 is 10.1 Å². The van der Waals surface area contributed by atoms with Crippen LogP contribution in [0.5, 0.6) is 5.75 Å². The van der Waals surface area contributed by atoms with Crippen molar-refractivity contribution >= 4 is 11.6 Å². The number of hydrogen-bond donors (Lipinski definition) is 1. The highest BCUT2D eigenvalue weighted by atomic mass is 16.6. The quantitative estimate of drug-likeness (QED) is 0.406. The summed E-state index contributed by atoms with van der Waals surface area (Å²) in [6.07, 6.45) is 0.704. The largest absolute Gasteiger partial charge is 0.484 e. The maximum atomic E-state index is 11.7. The van der Waals surface area contributed by atoms with Gasteiger partial charge < -0.3 is 14.8 Å². The van der Waals surface area contributed by atoms with Gasteiger partial charge >= 0.3 is 0 Å². The highest BCUT2D eigenvalue weighted by Crippen LogP contribution is 2.16. The Labute approximate surface area is 145 Å². The second kappa shape index (κ2) is 10.0. The molecule has 0 atom stereocenters. The van der Waals surface area contributed by atoms with Crippen molar-refractivity contribution in [1.29, 1.82) is 0 Å². The first-order valence-electron chi connectivity index (χ1n) is 7.91. The number of non-ortho nitro benzene ring substituents is 1. The van der Waals surface area contributed by atoms with Gasteiger partial charge in [0.25, 0.3) is 11.6 Å². The van der Waals surface area contributed by atoms with Crippen molar-refractivity contribution < 1.29 is 19.2 Å². The minimum atomic E-state index is -0.490. The molecule has 1 N–H and O–H groups in total. The van der Waals surface area contributed by atoms with Gasteiger partial charge in [-0.3, -0.25) is 14.9 Å². The van der Waals surface area contributed by atoms with Crippen LogP contribution in [0.2, 0.25) is 0 Å². The molecule has 7 nitrogen and oxygen atoms in total. The summed E-state index contributed by atoms with van der Waals surface area (Å²) in [5.74, 6) is 0.161. The number of nitrogens with one attached hydrogen (secondary N) is 1. The van der Waals surface area contributed by atoms with E-state index in [-0.39, 0.29) is 18.2 Å². The summed E-state index contributed by atoms with van der Waals surface area (Å²) in [6, 6.07) is 15.5. The highest BCUT2D eigenvalue weighted by Gasteiger charge is 2.06. The van der Waals surface area contributed by atoms with Crippen molar-refractivity contribution in [2.75, 3.05) is 19.8 Å². The molecule has 2 aromatic rings. The minimum absolute atomic E-state index is 0.0210. The lowest BCUT2D eigenvalue weighted by Crippen LogP contribution is -2.30. The van der Waals surface area contributed by atoms with Gasteiger partial charge in [-0.2, -0.15) is 0 Å². The lowest BCUT2D eigenvalue weighted by Gasteiger charge is -2.08. The van der Waals surface area contributed by atoms with Crippen LogP contribution in [-0.2, 0) is 16.1 Å². The molecule has 0 fully saturated rings. The van der Waals surface area contributed by atoms with E-state index in [1.807, 2.05) is 30.3 Å². The highest BCUT2D eigenvalue weighted by molar-refractivity contribution is 5.77. The zero-order valence-corrected chi connectivity index (χ0v) is 13.7. The summed E-state index contributed by atoms with van der Waals surface area (Å²) in [6.45, 7) is 1.47. The number of rotatable bonds is 10. The van der Waals surface area contributed by atoms with Gasteiger partial charge in [-0.15, -0.1) is 0 Å². The third-order valence-electron chi connectivity index (χ3n) is 3.32. The van der Waals surface area contributed by atoms with Crippen LogP contribution in [0.15, 0.2) is 54.6 Å². The van der Waals surface area contributed by atoms with Gasteiger partial charge in [0.1, 0.15) is 5.75 Å². The zero-order chi connectivity index (χ0) is 17.9. The Bertz CT molecular complexity index is 674. The fourth-order valence-corrected chi connectivity index (χ4v) is 2.03. The van der Waals surface area contributed by atoms with E-state index in [4.69, 9.17) is 9.47 Å². The zero-order valence-electron chi connectivity index (χ0n) is 13.7. The molecule has 0 aliphatic heterocycles. The molecule has 0 aliphatic rings. The van der Waals surface area contributed by atoms with Crippen molar-refractivity contribution in [3.63, 3.8) is 0 Å². The normalized spacial score (nSPS) is 10.2. The first-order chi connectivity index (χ1) is 12.1. The summed E-state index contributed by atoms with van der Waals surface area (Å²) in [5, 5.41) is 13.3. The first kappa shape index (κ1) is 18.4. The second-order valence-electron chi connectivity index (χ2n) is 5.28. The van der Waals surface area contributed by atoms with Gasteiger partial charge in [0.05, 0.1) is 11.5 Å². The Morgan fingerprint density at radius 1 is 1.08 bits per heavy atom. The SMILES string of the molecule is O=C(COc1ccc([N+](=O)[O-])cc1)NCCCOCc1ccccc1. The van der Waals surface area contributed by atoms with Crippen LogP contribution in [0.1, 0.15) is 12.0 Å². The van der Waals surface area contributed by atoms with Gasteiger partial charge in [0.2, 0.25) is 0 Å². The average molecular weight is 344 g/mol. The number of hydrogen-bond acceptors (Lipinski definition) is 5. The van der Waals surface area contributed by atoms with E-state index >= 15 is 0 Å². The number of nitro groups is 1. The molecular formula is C18H20N2O5. The van der Waals surface area contributed by atoms with Gasteiger partial charge in [0, 0.05) is 25.3 Å². The van der Waals surface area contributed by atoms with Crippen LogP contribution in [0.4, 0.5) is 5.69 Å². The fourth-order valence-electron chi connectivity index (χ4n) is 2.03. The summed E-state index contributed by atoms with van der Waals surface area (Å²) < 4.78 is 10.8. The maximum absolute atomic E-state index is 11.7. The molecule has 7 heteroatoms. The Hall–Kier alpha value is -2.93. The van der Waals surface area contributed by atoms with E-state index in [2.05, 4.69) is 5.32 Å². The van der Waals surface area contributed by atoms with Crippen molar-refractivity contribution in [3.8, 4) is 5.75 Å². The van der Waals surface area contributed by atoms with Gasteiger partial charge in [-0.25, -0.2) is 0 Å². The van der Waals surface area contributed by atoms with Crippen molar-refractivity contribution in [3.05, 3.63) is 70.3 Å². The molecule has 0 bridgehead atoms. The maximum Gasteiger partial charge on any atom is 0.269 e. The topological polar surface area (TPSA) is 90.7 Å². The summed E-state index contributed by atoms with van der Waals surface area (Å²) >= 11 is 0. The predicted octanol–water partition coefficient (Wildman–Crippen LogP) is 2.70. The van der Waals surface area contributed by atoms with Crippen molar-refractivity contribution in [2.45, 2.75) is 13.0 Å². The molecule has 0 saturated heterocycles. The molecule has 2 rings (SSSR count). The number of carbonyl (C=O) groups excluding carboxylic acids is 1. The third-order valence-corrected chi connectivity index (χ3v) is 3.32. The second-order valence-corrected chi connectivity index (χ2v) is 5.28. The number of nitrogens with zero attached hydrogens (tertiary/aromatic N) is 1. The van der Waals surface area contributed by atoms with E-state index in [0.29, 0.717) is 31.9 Å².